The second-order valence-electron chi connectivity index (χ2n) is 2.68. The molecular formula is C8H6KN3O2. The average Bonchev–Trinajstić information content (AvgIpc) is 2.46. The van der Waals surface area contributed by atoms with Crippen molar-refractivity contribution >= 4 is 11.6 Å². The second-order valence-corrected chi connectivity index (χ2v) is 2.68. The van der Waals surface area contributed by atoms with Gasteiger partial charge in [-0.25, -0.2) is 9.50 Å². The number of fused-ring (bicyclic) bond motifs is 1. The summed E-state index contributed by atoms with van der Waals surface area (Å²) in [5.41, 5.74) is 1.08. The van der Waals surface area contributed by atoms with Crippen molar-refractivity contribution in [1.82, 2.24) is 14.6 Å². The van der Waals surface area contributed by atoms with Gasteiger partial charge in [0.2, 0.25) is 0 Å². The van der Waals surface area contributed by atoms with E-state index in [2.05, 4.69) is 10.1 Å². The van der Waals surface area contributed by atoms with Crippen LogP contribution in [0, 0.1) is 6.92 Å². The normalized spacial score (nSPS) is 9.79. The van der Waals surface area contributed by atoms with Crippen LogP contribution in [0.3, 0.4) is 0 Å². The summed E-state index contributed by atoms with van der Waals surface area (Å²) in [7, 11) is 0. The van der Waals surface area contributed by atoms with Gasteiger partial charge in [0.1, 0.15) is 0 Å². The molecule has 2 rings (SSSR count). The smallest absolute Gasteiger partial charge is 0.545 e. The van der Waals surface area contributed by atoms with Crippen molar-refractivity contribution in [2.24, 2.45) is 0 Å². The average molecular weight is 215 g/mol. The fraction of sp³-hybridized carbons (Fsp3) is 0.125. The Labute approximate surface area is 123 Å². The molecule has 0 spiro atoms. The molecule has 0 aliphatic carbocycles. The standard InChI is InChI=1S/C8H7N3O2.K/c1-5-2-3-11-7(10-5)6(4-9-11)8(12)13;/h2-4H,1H3,(H,12,13);/q;+1/p-1. The summed E-state index contributed by atoms with van der Waals surface area (Å²) in [4.78, 5) is 14.6. The Hall–Kier alpha value is -0.274. The largest absolute Gasteiger partial charge is 1.00 e. The van der Waals surface area contributed by atoms with E-state index in [1.54, 1.807) is 19.2 Å². The number of aryl methyl sites for hydroxylation is 1. The predicted octanol–water partition coefficient (Wildman–Crippen LogP) is -3.59. The summed E-state index contributed by atoms with van der Waals surface area (Å²) >= 11 is 0. The maximum atomic E-state index is 10.6. The van der Waals surface area contributed by atoms with Crippen LogP contribution in [0.15, 0.2) is 18.5 Å². The Balaban J connectivity index is 0.000000980. The van der Waals surface area contributed by atoms with Crippen LogP contribution in [0.5, 0.6) is 0 Å². The van der Waals surface area contributed by atoms with Gasteiger partial charge in [-0.3, -0.25) is 0 Å². The molecule has 6 heteroatoms. The van der Waals surface area contributed by atoms with Crippen molar-refractivity contribution in [3.05, 3.63) is 29.7 Å². The van der Waals surface area contributed by atoms with Crippen LogP contribution in [0.4, 0.5) is 0 Å². The monoisotopic (exact) mass is 215 g/mol. The van der Waals surface area contributed by atoms with E-state index in [1.165, 1.54) is 10.7 Å². The van der Waals surface area contributed by atoms with Crippen LogP contribution in [0.1, 0.15) is 16.1 Å². The first-order valence-electron chi connectivity index (χ1n) is 3.71. The summed E-state index contributed by atoms with van der Waals surface area (Å²) in [6.45, 7) is 1.78. The van der Waals surface area contributed by atoms with Gasteiger partial charge in [-0.1, -0.05) is 0 Å². The molecule has 14 heavy (non-hydrogen) atoms. The molecule has 0 unspecified atom stereocenters. The molecule has 0 atom stereocenters. The molecule has 66 valence electrons. The first kappa shape index (κ1) is 11.8. The topological polar surface area (TPSA) is 70.3 Å². The van der Waals surface area contributed by atoms with Gasteiger partial charge in [0.25, 0.3) is 0 Å². The quantitative estimate of drug-likeness (QED) is 0.461. The van der Waals surface area contributed by atoms with E-state index in [4.69, 9.17) is 0 Å². The number of carboxylic acids is 1. The van der Waals surface area contributed by atoms with Crippen molar-refractivity contribution in [2.75, 3.05) is 0 Å². The third-order valence-electron chi connectivity index (χ3n) is 1.73. The van der Waals surface area contributed by atoms with E-state index < -0.39 is 5.97 Å². The summed E-state index contributed by atoms with van der Waals surface area (Å²) < 4.78 is 1.40. The second kappa shape index (κ2) is 4.50. The van der Waals surface area contributed by atoms with Crippen LogP contribution in [-0.2, 0) is 0 Å². The Morgan fingerprint density at radius 1 is 1.57 bits per heavy atom. The zero-order valence-electron chi connectivity index (χ0n) is 7.89. The molecule has 2 aromatic heterocycles. The Morgan fingerprint density at radius 2 is 2.29 bits per heavy atom. The van der Waals surface area contributed by atoms with Gasteiger partial charge < -0.3 is 9.90 Å². The van der Waals surface area contributed by atoms with E-state index in [-0.39, 0.29) is 56.9 Å². The molecule has 5 nitrogen and oxygen atoms in total. The van der Waals surface area contributed by atoms with Crippen LogP contribution in [0.2, 0.25) is 0 Å². The molecule has 0 aromatic carbocycles. The van der Waals surface area contributed by atoms with Gasteiger partial charge in [0.05, 0.1) is 17.7 Å². The summed E-state index contributed by atoms with van der Waals surface area (Å²) in [5.74, 6) is -1.26. The number of carboxylic acid groups (broad SMARTS) is 1. The number of rotatable bonds is 1. The first-order chi connectivity index (χ1) is 6.18. The van der Waals surface area contributed by atoms with Crippen LogP contribution >= 0.6 is 0 Å². The molecular weight excluding hydrogens is 209 g/mol. The van der Waals surface area contributed by atoms with E-state index in [0.717, 1.165) is 5.69 Å². The first-order valence-corrected chi connectivity index (χ1v) is 3.71. The van der Waals surface area contributed by atoms with Gasteiger partial charge in [-0.2, -0.15) is 5.10 Å². The third-order valence-corrected chi connectivity index (χ3v) is 1.73. The predicted molar refractivity (Wildman–Crippen MR) is 42.1 cm³/mol. The SMILES string of the molecule is Cc1ccn2ncc(C(=O)[O-])c2n1.[K+]. The van der Waals surface area contributed by atoms with E-state index >= 15 is 0 Å². The van der Waals surface area contributed by atoms with Gasteiger partial charge in [-0.15, -0.1) is 0 Å². The number of aromatic nitrogens is 3. The Kier molecular flexibility index (Phi) is 3.79. The fourth-order valence-corrected chi connectivity index (χ4v) is 1.10. The minimum absolute atomic E-state index is 0. The number of nitrogens with zero attached hydrogens (tertiary/aromatic N) is 3. The number of hydrogen-bond acceptors (Lipinski definition) is 4. The summed E-state index contributed by atoms with van der Waals surface area (Å²) in [5, 5.41) is 14.4. The van der Waals surface area contributed by atoms with Gasteiger partial charge in [-0.05, 0) is 13.0 Å². The number of carbonyl (C=O) groups excluding carboxylic acids is 1. The molecule has 0 saturated heterocycles. The molecule has 0 radical (unpaired) electrons. The van der Waals surface area contributed by atoms with Crippen molar-refractivity contribution in [3.63, 3.8) is 0 Å². The van der Waals surface area contributed by atoms with Crippen molar-refractivity contribution in [3.8, 4) is 0 Å². The van der Waals surface area contributed by atoms with Crippen molar-refractivity contribution in [2.45, 2.75) is 6.92 Å². The fourth-order valence-electron chi connectivity index (χ4n) is 1.10. The zero-order valence-corrected chi connectivity index (χ0v) is 11.0. The van der Waals surface area contributed by atoms with Crippen LogP contribution in [0.25, 0.3) is 5.65 Å². The Bertz CT molecular complexity index is 480. The minimum Gasteiger partial charge on any atom is -0.545 e. The minimum atomic E-state index is -1.26. The summed E-state index contributed by atoms with van der Waals surface area (Å²) in [6.07, 6.45) is 2.89. The van der Waals surface area contributed by atoms with Gasteiger partial charge in [0.15, 0.2) is 5.65 Å². The van der Waals surface area contributed by atoms with Crippen LogP contribution < -0.4 is 56.5 Å². The maximum absolute atomic E-state index is 10.6. The molecule has 0 amide bonds. The Morgan fingerprint density at radius 3 is 2.93 bits per heavy atom. The van der Waals surface area contributed by atoms with Crippen LogP contribution in [-0.4, -0.2) is 20.6 Å². The van der Waals surface area contributed by atoms with Crippen molar-refractivity contribution in [1.29, 1.82) is 0 Å². The van der Waals surface area contributed by atoms with Gasteiger partial charge in [0, 0.05) is 11.9 Å². The summed E-state index contributed by atoms with van der Waals surface area (Å²) in [6, 6.07) is 1.75. The molecule has 0 aliphatic rings. The molecule has 0 aliphatic heterocycles. The molecule has 0 N–H and O–H groups in total. The molecule has 2 heterocycles. The third kappa shape index (κ3) is 2.04. The maximum Gasteiger partial charge on any atom is 1.00 e. The number of carbonyl (C=O) groups is 1. The van der Waals surface area contributed by atoms with Crippen molar-refractivity contribution < 1.29 is 61.3 Å². The zero-order chi connectivity index (χ0) is 9.42. The molecule has 0 fully saturated rings. The molecule has 2 aromatic rings. The molecule has 0 saturated carbocycles. The van der Waals surface area contributed by atoms with E-state index in [9.17, 15) is 9.90 Å². The number of hydrogen-bond donors (Lipinski definition) is 0. The van der Waals surface area contributed by atoms with E-state index in [0.29, 0.717) is 5.65 Å². The van der Waals surface area contributed by atoms with Gasteiger partial charge >= 0.3 is 51.4 Å². The molecule has 0 bridgehead atoms. The van der Waals surface area contributed by atoms with E-state index in [1.807, 2.05) is 0 Å². The number of aromatic carboxylic acids is 1.